The van der Waals surface area contributed by atoms with Gasteiger partial charge in [-0.2, -0.15) is 0 Å². The summed E-state index contributed by atoms with van der Waals surface area (Å²) in [5.41, 5.74) is 0.741. The zero-order chi connectivity index (χ0) is 19.7. The average molecular weight is 396 g/mol. The number of nitro groups is 1. The lowest BCUT2D eigenvalue weighted by atomic mass is 10.1. The molecular weight excluding hydrogens is 380 g/mol. The lowest BCUT2D eigenvalue weighted by Gasteiger charge is -2.41. The standard InChI is InChI=1S/C18H16ClF2N3O3/c1-11-10-22(12-2-4-13(5-3-12)24(26)27)6-7-23(11)18(25)14-8-16(20)17(21)9-15(14)19/h2-5,8-9,11H,6-7,10H2,1H3. The molecule has 1 amide bonds. The van der Waals surface area contributed by atoms with Gasteiger partial charge in [0.05, 0.1) is 15.5 Å². The van der Waals surface area contributed by atoms with Gasteiger partial charge in [0.25, 0.3) is 11.6 Å². The van der Waals surface area contributed by atoms with Crippen LogP contribution < -0.4 is 4.90 Å². The zero-order valence-corrected chi connectivity index (χ0v) is 15.1. The van der Waals surface area contributed by atoms with Crippen molar-refractivity contribution in [1.29, 1.82) is 0 Å². The fraction of sp³-hybridized carbons (Fsp3) is 0.278. The molecule has 2 aromatic carbocycles. The Labute approximate surface area is 159 Å². The molecule has 0 N–H and O–H groups in total. The molecule has 27 heavy (non-hydrogen) atoms. The number of rotatable bonds is 3. The van der Waals surface area contributed by atoms with Gasteiger partial charge in [0.1, 0.15) is 0 Å². The Morgan fingerprint density at radius 2 is 1.81 bits per heavy atom. The summed E-state index contributed by atoms with van der Waals surface area (Å²) in [7, 11) is 0. The maximum atomic E-state index is 13.5. The van der Waals surface area contributed by atoms with Gasteiger partial charge in [0.2, 0.25) is 0 Å². The predicted molar refractivity (Wildman–Crippen MR) is 97.2 cm³/mol. The molecule has 142 valence electrons. The molecule has 0 spiro atoms. The fourth-order valence-corrected chi connectivity index (χ4v) is 3.35. The largest absolute Gasteiger partial charge is 0.368 e. The highest BCUT2D eigenvalue weighted by Crippen LogP contribution is 2.26. The summed E-state index contributed by atoms with van der Waals surface area (Å²) in [4.78, 5) is 26.6. The minimum absolute atomic E-state index is 0.00795. The second-order valence-corrected chi connectivity index (χ2v) is 6.72. The van der Waals surface area contributed by atoms with Gasteiger partial charge in [0, 0.05) is 43.5 Å². The molecule has 6 nitrogen and oxygen atoms in total. The van der Waals surface area contributed by atoms with Crippen LogP contribution in [0.2, 0.25) is 5.02 Å². The summed E-state index contributed by atoms with van der Waals surface area (Å²) in [6.45, 7) is 3.18. The van der Waals surface area contributed by atoms with Crippen LogP contribution in [0.15, 0.2) is 36.4 Å². The second-order valence-electron chi connectivity index (χ2n) is 6.31. The van der Waals surface area contributed by atoms with Crippen LogP contribution in [-0.4, -0.2) is 41.4 Å². The average Bonchev–Trinajstić information content (AvgIpc) is 2.64. The molecular formula is C18H16ClF2N3O3. The van der Waals surface area contributed by atoms with E-state index in [0.717, 1.165) is 17.8 Å². The van der Waals surface area contributed by atoms with Crippen molar-refractivity contribution in [3.8, 4) is 0 Å². The number of hydrogen-bond acceptors (Lipinski definition) is 4. The molecule has 0 saturated carbocycles. The highest BCUT2D eigenvalue weighted by molar-refractivity contribution is 6.33. The quantitative estimate of drug-likeness (QED) is 0.449. The Hall–Kier alpha value is -2.74. The van der Waals surface area contributed by atoms with Crippen LogP contribution in [-0.2, 0) is 0 Å². The second kappa shape index (κ2) is 7.48. The smallest absolute Gasteiger partial charge is 0.269 e. The van der Waals surface area contributed by atoms with E-state index in [2.05, 4.69) is 0 Å². The fourth-order valence-electron chi connectivity index (χ4n) is 3.12. The van der Waals surface area contributed by atoms with Crippen molar-refractivity contribution in [3.05, 3.63) is 68.7 Å². The number of non-ortho nitro benzene ring substituents is 1. The predicted octanol–water partition coefficient (Wildman–Crippen LogP) is 3.88. The molecule has 0 aromatic heterocycles. The summed E-state index contributed by atoms with van der Waals surface area (Å²) in [5, 5.41) is 10.6. The molecule has 0 aliphatic carbocycles. The van der Waals surface area contributed by atoms with Crippen LogP contribution in [0, 0.1) is 21.7 Å². The van der Waals surface area contributed by atoms with E-state index in [-0.39, 0.29) is 22.3 Å². The first kappa shape index (κ1) is 19.0. The molecule has 2 aromatic rings. The van der Waals surface area contributed by atoms with Crippen molar-refractivity contribution in [2.24, 2.45) is 0 Å². The third kappa shape index (κ3) is 3.85. The third-order valence-electron chi connectivity index (χ3n) is 4.55. The van der Waals surface area contributed by atoms with E-state index in [1.165, 1.54) is 12.1 Å². The van der Waals surface area contributed by atoms with E-state index >= 15 is 0 Å². The van der Waals surface area contributed by atoms with Crippen molar-refractivity contribution < 1.29 is 18.5 Å². The number of nitrogens with zero attached hydrogens (tertiary/aromatic N) is 3. The van der Waals surface area contributed by atoms with Crippen LogP contribution in [0.1, 0.15) is 17.3 Å². The molecule has 3 rings (SSSR count). The molecule has 1 unspecified atom stereocenters. The van der Waals surface area contributed by atoms with Gasteiger partial charge in [-0.3, -0.25) is 14.9 Å². The van der Waals surface area contributed by atoms with Gasteiger partial charge >= 0.3 is 0 Å². The van der Waals surface area contributed by atoms with Crippen LogP contribution in [0.3, 0.4) is 0 Å². The summed E-state index contributed by atoms with van der Waals surface area (Å²) < 4.78 is 26.7. The first-order valence-electron chi connectivity index (χ1n) is 8.23. The monoisotopic (exact) mass is 395 g/mol. The van der Waals surface area contributed by atoms with Gasteiger partial charge in [0.15, 0.2) is 11.6 Å². The van der Waals surface area contributed by atoms with Crippen LogP contribution in [0.4, 0.5) is 20.2 Å². The SMILES string of the molecule is CC1CN(c2ccc([N+](=O)[O-])cc2)CCN1C(=O)c1cc(F)c(F)cc1Cl. The van der Waals surface area contributed by atoms with E-state index in [4.69, 9.17) is 11.6 Å². The first-order chi connectivity index (χ1) is 12.8. The molecule has 1 saturated heterocycles. The lowest BCUT2D eigenvalue weighted by molar-refractivity contribution is -0.384. The highest BCUT2D eigenvalue weighted by atomic mass is 35.5. The molecule has 1 heterocycles. The van der Waals surface area contributed by atoms with E-state index < -0.39 is 22.5 Å². The van der Waals surface area contributed by atoms with Crippen molar-refractivity contribution in [2.45, 2.75) is 13.0 Å². The summed E-state index contributed by atoms with van der Waals surface area (Å²) in [6, 6.07) is 7.57. The number of halogens is 3. The number of hydrogen-bond donors (Lipinski definition) is 0. The molecule has 1 aliphatic rings. The summed E-state index contributed by atoms with van der Waals surface area (Å²) in [6.07, 6.45) is 0. The highest BCUT2D eigenvalue weighted by Gasteiger charge is 2.30. The van der Waals surface area contributed by atoms with Crippen molar-refractivity contribution >= 4 is 28.9 Å². The number of anilines is 1. The van der Waals surface area contributed by atoms with Gasteiger partial charge in [-0.05, 0) is 31.2 Å². The summed E-state index contributed by atoms with van der Waals surface area (Å²) in [5.74, 6) is -2.69. The van der Waals surface area contributed by atoms with Gasteiger partial charge in [-0.25, -0.2) is 8.78 Å². The Balaban J connectivity index is 1.74. The molecule has 0 radical (unpaired) electrons. The summed E-state index contributed by atoms with van der Waals surface area (Å²) >= 11 is 5.91. The van der Waals surface area contributed by atoms with E-state index in [9.17, 15) is 23.7 Å². The minimum atomic E-state index is -1.13. The number of carbonyl (C=O) groups excluding carboxylic acids is 1. The topological polar surface area (TPSA) is 66.7 Å². The number of carbonyl (C=O) groups is 1. The van der Waals surface area contributed by atoms with Crippen LogP contribution in [0.25, 0.3) is 0 Å². The number of nitro benzene ring substituents is 1. The molecule has 1 atom stereocenters. The van der Waals surface area contributed by atoms with Crippen molar-refractivity contribution in [3.63, 3.8) is 0 Å². The van der Waals surface area contributed by atoms with Crippen molar-refractivity contribution in [1.82, 2.24) is 4.90 Å². The number of benzene rings is 2. The molecule has 0 bridgehead atoms. The van der Waals surface area contributed by atoms with Crippen molar-refractivity contribution in [2.75, 3.05) is 24.5 Å². The van der Waals surface area contributed by atoms with E-state index in [1.54, 1.807) is 17.0 Å². The number of piperazine rings is 1. The third-order valence-corrected chi connectivity index (χ3v) is 4.87. The normalized spacial score (nSPS) is 17.1. The molecule has 9 heteroatoms. The van der Waals surface area contributed by atoms with Gasteiger partial charge < -0.3 is 9.80 Å². The molecule has 1 aliphatic heterocycles. The lowest BCUT2D eigenvalue weighted by Crippen LogP contribution is -2.54. The maximum absolute atomic E-state index is 13.5. The number of amides is 1. The first-order valence-corrected chi connectivity index (χ1v) is 8.60. The Morgan fingerprint density at radius 3 is 2.41 bits per heavy atom. The van der Waals surface area contributed by atoms with Gasteiger partial charge in [-0.1, -0.05) is 11.6 Å². The zero-order valence-electron chi connectivity index (χ0n) is 14.4. The Bertz CT molecular complexity index is 892. The van der Waals surface area contributed by atoms with E-state index in [1.807, 2.05) is 11.8 Å². The van der Waals surface area contributed by atoms with Gasteiger partial charge in [-0.15, -0.1) is 0 Å². The van der Waals surface area contributed by atoms with Crippen LogP contribution in [0.5, 0.6) is 0 Å². The van der Waals surface area contributed by atoms with E-state index in [0.29, 0.717) is 19.6 Å². The Morgan fingerprint density at radius 1 is 1.19 bits per heavy atom. The van der Waals surface area contributed by atoms with Crippen LogP contribution >= 0.6 is 11.6 Å². The molecule has 1 fully saturated rings. The minimum Gasteiger partial charge on any atom is -0.368 e. The maximum Gasteiger partial charge on any atom is 0.269 e. The Kier molecular flexibility index (Phi) is 5.27.